The van der Waals surface area contributed by atoms with Crippen LogP contribution in [0.5, 0.6) is 0 Å². The summed E-state index contributed by atoms with van der Waals surface area (Å²) in [6, 6.07) is -0.823. The zero-order chi connectivity index (χ0) is 50.1. The Kier molecular flexibility index (Phi) is 47.4. The van der Waals surface area contributed by atoms with Crippen molar-refractivity contribution >= 4 is 5.91 Å². The molecule has 0 aromatic heterocycles. The van der Waals surface area contributed by atoms with E-state index in [1.807, 2.05) is 6.08 Å². The van der Waals surface area contributed by atoms with Gasteiger partial charge in [0.15, 0.2) is 6.29 Å². The number of aliphatic hydroxyl groups is 5. The van der Waals surface area contributed by atoms with Crippen LogP contribution in [0.15, 0.2) is 36.5 Å². The van der Waals surface area contributed by atoms with Crippen molar-refractivity contribution in [2.24, 2.45) is 0 Å². The molecule has 1 amide bonds. The molecule has 1 saturated heterocycles. The zero-order valence-corrected chi connectivity index (χ0v) is 45.1. The minimum Gasteiger partial charge on any atom is -0.394 e. The highest BCUT2D eigenvalue weighted by Crippen LogP contribution is 2.23. The standard InChI is InChI=1S/C60H113NO8/c1-3-5-7-9-11-13-15-17-19-21-23-25-27-28-30-32-34-36-38-40-42-44-46-48-50-56(64)61-53(52-68-60-59(67)58(66)57(65)55(51-62)69-60)54(63)49-47-45-43-41-39-37-35-33-31-29-26-24-22-20-18-16-14-12-10-8-6-4-2/h28,30,39,41,47,49,53-55,57-60,62-63,65-67H,3-27,29,31-38,40,42-46,48,50-52H2,1-2H3,(H,61,64)/b30-28-,41-39+,49-47+. The second-order valence-corrected chi connectivity index (χ2v) is 20.8. The molecule has 7 atom stereocenters. The number of carbonyl (C=O) groups is 1. The summed E-state index contributed by atoms with van der Waals surface area (Å²) < 4.78 is 11.3. The molecule has 0 bridgehead atoms. The van der Waals surface area contributed by atoms with Gasteiger partial charge in [0.1, 0.15) is 24.4 Å². The van der Waals surface area contributed by atoms with Gasteiger partial charge in [0.2, 0.25) is 5.91 Å². The number of aliphatic hydroxyl groups excluding tert-OH is 5. The Labute approximate surface area is 425 Å². The average molecular weight is 977 g/mol. The Morgan fingerprint density at radius 3 is 1.22 bits per heavy atom. The fourth-order valence-electron chi connectivity index (χ4n) is 9.46. The first-order valence-electron chi connectivity index (χ1n) is 29.7. The van der Waals surface area contributed by atoms with E-state index in [4.69, 9.17) is 9.47 Å². The summed E-state index contributed by atoms with van der Waals surface area (Å²) in [4.78, 5) is 13.1. The maximum absolute atomic E-state index is 13.1. The maximum atomic E-state index is 13.1. The van der Waals surface area contributed by atoms with Crippen molar-refractivity contribution in [2.75, 3.05) is 13.2 Å². The van der Waals surface area contributed by atoms with E-state index in [2.05, 4.69) is 43.5 Å². The lowest BCUT2D eigenvalue weighted by molar-refractivity contribution is -0.302. The number of hydrogen-bond acceptors (Lipinski definition) is 8. The van der Waals surface area contributed by atoms with Gasteiger partial charge >= 0.3 is 0 Å². The molecule has 0 spiro atoms. The molecule has 1 aliphatic heterocycles. The van der Waals surface area contributed by atoms with E-state index in [0.29, 0.717) is 6.42 Å². The van der Waals surface area contributed by atoms with Gasteiger partial charge in [0.25, 0.3) is 0 Å². The minimum absolute atomic E-state index is 0.186. The first-order valence-corrected chi connectivity index (χ1v) is 29.7. The lowest BCUT2D eigenvalue weighted by atomic mass is 9.99. The van der Waals surface area contributed by atoms with Crippen LogP contribution in [0.25, 0.3) is 0 Å². The van der Waals surface area contributed by atoms with Gasteiger partial charge in [-0.05, 0) is 57.8 Å². The fraction of sp³-hybridized carbons (Fsp3) is 0.883. The molecule has 406 valence electrons. The largest absolute Gasteiger partial charge is 0.394 e. The second-order valence-electron chi connectivity index (χ2n) is 20.8. The molecule has 1 heterocycles. The monoisotopic (exact) mass is 976 g/mol. The molecule has 9 heteroatoms. The number of hydrogen-bond donors (Lipinski definition) is 6. The summed E-state index contributed by atoms with van der Waals surface area (Å²) in [6.45, 7) is 3.80. The predicted octanol–water partition coefficient (Wildman–Crippen LogP) is 14.7. The Morgan fingerprint density at radius 1 is 0.478 bits per heavy atom. The normalized spacial score (nSPS) is 19.7. The van der Waals surface area contributed by atoms with Crippen LogP contribution in [-0.4, -0.2) is 87.5 Å². The third-order valence-corrected chi connectivity index (χ3v) is 14.2. The van der Waals surface area contributed by atoms with Gasteiger partial charge in [0.05, 0.1) is 25.4 Å². The Morgan fingerprint density at radius 2 is 0.826 bits per heavy atom. The number of allylic oxidation sites excluding steroid dienone is 5. The van der Waals surface area contributed by atoms with Crippen molar-refractivity contribution in [3.63, 3.8) is 0 Å². The Hall–Kier alpha value is -1.59. The lowest BCUT2D eigenvalue weighted by Gasteiger charge is -2.40. The van der Waals surface area contributed by atoms with Crippen LogP contribution in [0, 0.1) is 0 Å². The van der Waals surface area contributed by atoms with Crippen LogP contribution in [0.2, 0.25) is 0 Å². The summed E-state index contributed by atoms with van der Waals surface area (Å²) in [6.07, 6.45) is 57.9. The number of carbonyl (C=O) groups excluding carboxylic acids is 1. The lowest BCUT2D eigenvalue weighted by Crippen LogP contribution is -2.60. The third-order valence-electron chi connectivity index (χ3n) is 14.2. The Balaban J connectivity index is 2.24. The number of unbranched alkanes of at least 4 members (excludes halogenated alkanes) is 37. The van der Waals surface area contributed by atoms with E-state index < -0.39 is 49.5 Å². The average Bonchev–Trinajstić information content (AvgIpc) is 3.35. The molecule has 0 saturated carbocycles. The van der Waals surface area contributed by atoms with E-state index in [1.165, 1.54) is 225 Å². The van der Waals surface area contributed by atoms with Gasteiger partial charge in [-0.25, -0.2) is 0 Å². The van der Waals surface area contributed by atoms with Crippen LogP contribution < -0.4 is 5.32 Å². The van der Waals surface area contributed by atoms with E-state index in [1.54, 1.807) is 6.08 Å². The Bertz CT molecular complexity index is 1180. The van der Waals surface area contributed by atoms with E-state index in [0.717, 1.165) is 38.5 Å². The topological polar surface area (TPSA) is 149 Å². The number of amides is 1. The molecule has 1 rings (SSSR count). The van der Waals surface area contributed by atoms with Crippen molar-refractivity contribution in [2.45, 2.75) is 326 Å². The van der Waals surface area contributed by atoms with Crippen molar-refractivity contribution in [3.05, 3.63) is 36.5 Å². The molecule has 9 nitrogen and oxygen atoms in total. The minimum atomic E-state index is -1.57. The smallest absolute Gasteiger partial charge is 0.220 e. The van der Waals surface area contributed by atoms with Crippen molar-refractivity contribution < 1.29 is 39.8 Å². The molecule has 1 fully saturated rings. The molecular formula is C60H113NO8. The highest BCUT2D eigenvalue weighted by molar-refractivity contribution is 5.76. The van der Waals surface area contributed by atoms with Crippen LogP contribution in [-0.2, 0) is 14.3 Å². The van der Waals surface area contributed by atoms with Gasteiger partial charge in [-0.15, -0.1) is 0 Å². The van der Waals surface area contributed by atoms with Crippen LogP contribution in [0.3, 0.4) is 0 Å². The second kappa shape index (κ2) is 50.0. The molecule has 0 aromatic rings. The third kappa shape index (κ3) is 39.6. The van der Waals surface area contributed by atoms with Gasteiger partial charge in [-0.2, -0.15) is 0 Å². The molecular weight excluding hydrogens is 863 g/mol. The highest BCUT2D eigenvalue weighted by atomic mass is 16.7. The predicted molar refractivity (Wildman–Crippen MR) is 290 cm³/mol. The summed E-state index contributed by atoms with van der Waals surface area (Å²) in [7, 11) is 0. The number of rotatable bonds is 51. The van der Waals surface area contributed by atoms with E-state index in [9.17, 15) is 30.3 Å². The molecule has 69 heavy (non-hydrogen) atoms. The van der Waals surface area contributed by atoms with Crippen LogP contribution >= 0.6 is 0 Å². The number of nitrogens with one attached hydrogen (secondary N) is 1. The summed E-state index contributed by atoms with van der Waals surface area (Å²) in [5.41, 5.74) is 0. The van der Waals surface area contributed by atoms with Crippen molar-refractivity contribution in [3.8, 4) is 0 Å². The van der Waals surface area contributed by atoms with Gasteiger partial charge in [-0.1, -0.05) is 256 Å². The van der Waals surface area contributed by atoms with Crippen LogP contribution in [0.1, 0.15) is 284 Å². The van der Waals surface area contributed by atoms with E-state index >= 15 is 0 Å². The molecule has 0 aliphatic carbocycles. The summed E-state index contributed by atoms with van der Waals surface area (Å²) in [5.74, 6) is -0.186. The van der Waals surface area contributed by atoms with Gasteiger partial charge in [-0.3, -0.25) is 4.79 Å². The highest BCUT2D eigenvalue weighted by Gasteiger charge is 2.44. The van der Waals surface area contributed by atoms with Crippen molar-refractivity contribution in [1.82, 2.24) is 5.32 Å². The molecule has 0 aromatic carbocycles. The quantitative estimate of drug-likeness (QED) is 0.0261. The molecule has 1 aliphatic rings. The van der Waals surface area contributed by atoms with Gasteiger partial charge < -0.3 is 40.3 Å². The first-order chi connectivity index (χ1) is 33.8. The van der Waals surface area contributed by atoms with E-state index in [-0.39, 0.29) is 12.5 Å². The summed E-state index contributed by atoms with van der Waals surface area (Å²) >= 11 is 0. The molecule has 7 unspecified atom stereocenters. The first kappa shape index (κ1) is 65.4. The van der Waals surface area contributed by atoms with Gasteiger partial charge in [0, 0.05) is 6.42 Å². The number of ether oxygens (including phenoxy) is 2. The SMILES string of the molecule is CCCCCCCCCCCCCC/C=C\CCCCCCCCCCC(=O)NC(COC1OC(CO)C(O)C(O)C1O)C(O)/C=C/CC/C=C/CCCCCCCCCCCCCCCCCC. The zero-order valence-electron chi connectivity index (χ0n) is 45.1. The summed E-state index contributed by atoms with van der Waals surface area (Å²) in [5, 5.41) is 54.5. The maximum Gasteiger partial charge on any atom is 0.220 e. The van der Waals surface area contributed by atoms with Crippen molar-refractivity contribution in [1.29, 1.82) is 0 Å². The van der Waals surface area contributed by atoms with Crippen LogP contribution in [0.4, 0.5) is 0 Å². The molecule has 0 radical (unpaired) electrons. The fourth-order valence-corrected chi connectivity index (χ4v) is 9.46. The molecule has 6 N–H and O–H groups in total.